The SMILES string of the molecule is Cc1nc2c(ncn2[C@@H]2O[C@@H]3COP(=O)(O)OC4[C@@H](COP(=O)(O)O[C@H]2C3O)O[C@@H](n2cnc3c(N)ncnc32)[C@H]4O)c(=O)[nH]1. The maximum absolute atomic E-state index is 13.2. The van der Waals surface area contributed by atoms with Crippen LogP contribution in [-0.4, -0.2) is 109 Å². The van der Waals surface area contributed by atoms with Gasteiger partial charge < -0.3 is 40.2 Å². The standard InChI is InChI=1S/C21H25N9O13P2/c1-7-27-18-11(19(33)28-7)26-6-30(18)21-15-12(31)8(40-21)2-38-44(34,35)42-14-9(3-39-45(36,37)43-15)41-20(13(14)32)29-5-25-10-16(22)23-4-24-17(10)29/h4-6,8-9,12-15,20-21,31-32H,2-3H2,1H3,(H,34,35)(H,36,37)(H2,22,23,24)(H,27,28,33)/t8-,9-,12?,13+,14?,15+,20-,21-/m1/s1. The van der Waals surface area contributed by atoms with Crippen LogP contribution in [0.15, 0.2) is 23.8 Å². The largest absolute Gasteiger partial charge is 0.472 e. The molecule has 4 unspecified atom stereocenters. The summed E-state index contributed by atoms with van der Waals surface area (Å²) in [5.74, 6) is 0.256. The summed E-state index contributed by atoms with van der Waals surface area (Å²) in [5, 5.41) is 22.2. The maximum atomic E-state index is 13.2. The summed E-state index contributed by atoms with van der Waals surface area (Å²) < 4.78 is 61.3. The van der Waals surface area contributed by atoms with Gasteiger partial charge in [0.05, 0.1) is 25.9 Å². The molecule has 22 nitrogen and oxygen atoms in total. The fourth-order valence-corrected chi connectivity index (χ4v) is 7.29. The van der Waals surface area contributed by atoms with Gasteiger partial charge in [0.2, 0.25) is 0 Å². The molecule has 4 aromatic rings. The number of fused-ring (bicyclic) bond motifs is 5. The van der Waals surface area contributed by atoms with E-state index in [4.69, 9.17) is 33.3 Å². The summed E-state index contributed by atoms with van der Waals surface area (Å²) in [5.41, 5.74) is 5.49. The number of nitrogens with one attached hydrogen (secondary N) is 1. The number of aromatic nitrogens is 8. The average molecular weight is 673 g/mol. The molecule has 45 heavy (non-hydrogen) atoms. The van der Waals surface area contributed by atoms with Gasteiger partial charge in [0.15, 0.2) is 35.1 Å². The monoisotopic (exact) mass is 673 g/mol. The van der Waals surface area contributed by atoms with E-state index in [1.807, 2.05) is 0 Å². The number of hydrogen-bond acceptors (Lipinski definition) is 17. The number of aliphatic hydroxyl groups excluding tert-OH is 2. The van der Waals surface area contributed by atoms with Gasteiger partial charge in [0.25, 0.3) is 5.56 Å². The van der Waals surface area contributed by atoms with Crippen LogP contribution in [0.5, 0.6) is 0 Å². The van der Waals surface area contributed by atoms with Crippen LogP contribution in [-0.2, 0) is 36.7 Å². The van der Waals surface area contributed by atoms with Crippen LogP contribution >= 0.6 is 15.6 Å². The number of nitrogen functional groups attached to an aromatic ring is 1. The van der Waals surface area contributed by atoms with Gasteiger partial charge in [-0.15, -0.1) is 0 Å². The van der Waals surface area contributed by atoms with Crippen molar-refractivity contribution in [2.75, 3.05) is 18.9 Å². The van der Waals surface area contributed by atoms with E-state index < -0.39 is 83.5 Å². The van der Waals surface area contributed by atoms with Crippen LogP contribution in [0.3, 0.4) is 0 Å². The zero-order chi connectivity index (χ0) is 31.8. The molecule has 24 heteroatoms. The highest BCUT2D eigenvalue weighted by atomic mass is 31.2. The number of aromatic amines is 1. The third-order valence-corrected chi connectivity index (χ3v) is 9.39. The molecule has 0 aliphatic carbocycles. The molecule has 0 amide bonds. The maximum Gasteiger partial charge on any atom is 0.472 e. The molecule has 0 aromatic carbocycles. The molecule has 0 saturated carbocycles. The first-order chi connectivity index (χ1) is 21.3. The van der Waals surface area contributed by atoms with E-state index >= 15 is 0 Å². The molecule has 0 spiro atoms. The van der Waals surface area contributed by atoms with Crippen molar-refractivity contribution in [1.82, 2.24) is 39.0 Å². The Kier molecular flexibility index (Phi) is 7.39. The summed E-state index contributed by atoms with van der Waals surface area (Å²) in [6, 6.07) is 0. The van der Waals surface area contributed by atoms with Crippen LogP contribution in [0, 0.1) is 6.92 Å². The van der Waals surface area contributed by atoms with E-state index in [1.54, 1.807) is 0 Å². The number of rotatable bonds is 2. The average Bonchev–Trinajstić information content (AvgIpc) is 3.72. The lowest BCUT2D eigenvalue weighted by atomic mass is 10.1. The normalized spacial score (nSPS) is 37.7. The molecular formula is C21H25N9O13P2. The number of aryl methyl sites for hydroxylation is 1. The number of anilines is 1. The van der Waals surface area contributed by atoms with E-state index in [1.165, 1.54) is 22.4 Å². The third-order valence-electron chi connectivity index (χ3n) is 7.42. The first-order valence-corrected chi connectivity index (χ1v) is 16.2. The molecule has 2 bridgehead atoms. The van der Waals surface area contributed by atoms with Crippen molar-refractivity contribution in [1.29, 1.82) is 0 Å². The Morgan fingerprint density at radius 1 is 0.867 bits per heavy atom. The van der Waals surface area contributed by atoms with Crippen molar-refractivity contribution in [3.8, 4) is 0 Å². The van der Waals surface area contributed by atoms with Crippen LogP contribution in [0.4, 0.5) is 5.82 Å². The minimum absolute atomic E-state index is 0.00383. The molecule has 242 valence electrons. The molecule has 3 fully saturated rings. The van der Waals surface area contributed by atoms with Crippen LogP contribution in [0.25, 0.3) is 22.3 Å². The number of phosphoric acid groups is 2. The van der Waals surface area contributed by atoms with Crippen molar-refractivity contribution in [3.05, 3.63) is 35.2 Å². The number of hydrogen-bond donors (Lipinski definition) is 6. The first-order valence-electron chi connectivity index (χ1n) is 13.2. The van der Waals surface area contributed by atoms with E-state index in [0.29, 0.717) is 0 Å². The molecular weight excluding hydrogens is 648 g/mol. The smallest absolute Gasteiger partial charge is 0.387 e. The van der Waals surface area contributed by atoms with Gasteiger partial charge in [-0.25, -0.2) is 34.0 Å². The van der Waals surface area contributed by atoms with Crippen LogP contribution in [0.1, 0.15) is 18.3 Å². The highest BCUT2D eigenvalue weighted by Gasteiger charge is 2.54. The molecule has 7 heterocycles. The highest BCUT2D eigenvalue weighted by Crippen LogP contribution is 2.53. The first kappa shape index (κ1) is 30.4. The predicted octanol–water partition coefficient (Wildman–Crippen LogP) is -1.62. The lowest BCUT2D eigenvalue weighted by Gasteiger charge is -2.25. The molecule has 0 radical (unpaired) electrons. The third kappa shape index (κ3) is 5.37. The molecule has 10 atom stereocenters. The lowest BCUT2D eigenvalue weighted by molar-refractivity contribution is -0.0672. The fraction of sp³-hybridized carbons (Fsp3) is 0.524. The number of nitrogens with two attached hydrogens (primary N) is 1. The number of imidazole rings is 2. The van der Waals surface area contributed by atoms with Crippen molar-refractivity contribution in [2.24, 2.45) is 0 Å². The summed E-state index contributed by atoms with van der Waals surface area (Å²) in [6.45, 7) is -0.0994. The highest BCUT2D eigenvalue weighted by molar-refractivity contribution is 7.47. The van der Waals surface area contributed by atoms with Crippen molar-refractivity contribution in [3.63, 3.8) is 0 Å². The molecule has 3 saturated heterocycles. The van der Waals surface area contributed by atoms with E-state index in [9.17, 15) is 33.9 Å². The van der Waals surface area contributed by atoms with Crippen LogP contribution in [0.2, 0.25) is 0 Å². The Bertz CT molecular complexity index is 1930. The Labute approximate surface area is 249 Å². The Morgan fingerprint density at radius 2 is 1.49 bits per heavy atom. The molecule has 3 aliphatic heterocycles. The van der Waals surface area contributed by atoms with Gasteiger partial charge in [0, 0.05) is 0 Å². The van der Waals surface area contributed by atoms with Crippen LogP contribution < -0.4 is 11.3 Å². The van der Waals surface area contributed by atoms with Gasteiger partial charge in [0.1, 0.15) is 54.3 Å². The number of aliphatic hydroxyl groups is 2. The summed E-state index contributed by atoms with van der Waals surface area (Å²) in [6.07, 6.45) is -8.94. The molecule has 7 rings (SSSR count). The topological polar surface area (TPSA) is 304 Å². The van der Waals surface area contributed by atoms with Crippen molar-refractivity contribution < 1.29 is 56.7 Å². The van der Waals surface area contributed by atoms with Gasteiger partial charge in [-0.1, -0.05) is 0 Å². The Hall–Kier alpha value is -3.24. The summed E-state index contributed by atoms with van der Waals surface area (Å²) in [4.78, 5) is 56.4. The van der Waals surface area contributed by atoms with Gasteiger partial charge >= 0.3 is 15.6 Å². The second-order valence-corrected chi connectivity index (χ2v) is 13.2. The summed E-state index contributed by atoms with van der Waals surface area (Å²) in [7, 11) is -10.1. The van der Waals surface area contributed by atoms with Gasteiger partial charge in [-0.2, -0.15) is 0 Å². The number of ether oxygens (including phenoxy) is 2. The summed E-state index contributed by atoms with van der Waals surface area (Å²) >= 11 is 0. The molecule has 3 aliphatic rings. The van der Waals surface area contributed by atoms with Crippen molar-refractivity contribution >= 4 is 43.8 Å². The number of phosphoric ester groups is 2. The second-order valence-electron chi connectivity index (χ2n) is 10.3. The molecule has 4 aromatic heterocycles. The number of H-pyrrole nitrogens is 1. The quantitative estimate of drug-likeness (QED) is 0.130. The number of nitrogens with zero attached hydrogens (tertiary/aromatic N) is 7. The van der Waals surface area contributed by atoms with E-state index in [2.05, 4.69) is 29.9 Å². The zero-order valence-electron chi connectivity index (χ0n) is 22.8. The molecule has 7 N–H and O–H groups in total. The van der Waals surface area contributed by atoms with Crippen molar-refractivity contribution in [2.45, 2.75) is 56.0 Å². The Balaban J connectivity index is 1.21. The Morgan fingerprint density at radius 3 is 2.22 bits per heavy atom. The van der Waals surface area contributed by atoms with Gasteiger partial charge in [-0.3, -0.25) is 32.0 Å². The minimum Gasteiger partial charge on any atom is -0.387 e. The van der Waals surface area contributed by atoms with E-state index in [-0.39, 0.29) is 34.0 Å². The second kappa shape index (κ2) is 10.9. The van der Waals surface area contributed by atoms with Gasteiger partial charge in [-0.05, 0) is 6.92 Å². The fourth-order valence-electron chi connectivity index (χ4n) is 5.39. The lowest BCUT2D eigenvalue weighted by Crippen LogP contribution is -2.36. The predicted molar refractivity (Wildman–Crippen MR) is 144 cm³/mol. The minimum atomic E-state index is -5.09. The zero-order valence-corrected chi connectivity index (χ0v) is 24.6. The van der Waals surface area contributed by atoms with E-state index in [0.717, 1.165) is 12.7 Å².